The number of para-hydroxylation sites is 1. The van der Waals surface area contributed by atoms with Crippen molar-refractivity contribution in [3.05, 3.63) is 60.2 Å². The van der Waals surface area contributed by atoms with Gasteiger partial charge >= 0.3 is 0 Å². The highest BCUT2D eigenvalue weighted by molar-refractivity contribution is 6.40. The summed E-state index contributed by atoms with van der Waals surface area (Å²) in [5.74, 6) is -0.158. The van der Waals surface area contributed by atoms with Gasteiger partial charge in [0.1, 0.15) is 11.5 Å². The van der Waals surface area contributed by atoms with Gasteiger partial charge in [0.15, 0.2) is 0 Å². The van der Waals surface area contributed by atoms with Crippen LogP contribution in [0.15, 0.2) is 59.7 Å². The molecule has 25 heavy (non-hydrogen) atoms. The van der Waals surface area contributed by atoms with Crippen LogP contribution >= 0.6 is 0 Å². The topological polar surface area (TPSA) is 82.0 Å². The highest BCUT2D eigenvalue weighted by Gasteiger charge is 2.25. The molecule has 2 N–H and O–H groups in total. The van der Waals surface area contributed by atoms with Crippen LogP contribution in [0.4, 0.5) is 5.69 Å². The molecule has 2 amide bonds. The summed E-state index contributed by atoms with van der Waals surface area (Å²) in [5.41, 5.74) is 2.03. The first-order valence-corrected chi connectivity index (χ1v) is 8.15. The number of carbonyl (C=O) groups is 2. The molecule has 1 heterocycles. The molecular formula is C19H19N3O3. The zero-order valence-corrected chi connectivity index (χ0v) is 13.7. The molecule has 0 radical (unpaired) electrons. The van der Waals surface area contributed by atoms with Gasteiger partial charge in [-0.1, -0.05) is 30.3 Å². The highest BCUT2D eigenvalue weighted by Crippen LogP contribution is 2.19. The second kappa shape index (κ2) is 7.61. The molecule has 1 aliphatic rings. The molecule has 0 unspecified atom stereocenters. The quantitative estimate of drug-likeness (QED) is 0.878. The van der Waals surface area contributed by atoms with E-state index in [1.807, 2.05) is 30.3 Å². The van der Waals surface area contributed by atoms with Crippen LogP contribution in [0.1, 0.15) is 18.4 Å². The van der Waals surface area contributed by atoms with Crippen LogP contribution in [0.5, 0.6) is 5.75 Å². The number of hydrogen-bond acceptors (Lipinski definition) is 4. The van der Waals surface area contributed by atoms with E-state index < -0.39 is 0 Å². The first-order valence-electron chi connectivity index (χ1n) is 8.15. The smallest absolute Gasteiger partial charge is 0.267 e. The molecule has 6 heteroatoms. The van der Waals surface area contributed by atoms with Gasteiger partial charge in [0, 0.05) is 19.4 Å². The Morgan fingerprint density at radius 3 is 2.52 bits per heavy atom. The average Bonchev–Trinajstić information content (AvgIpc) is 2.64. The Hall–Kier alpha value is -3.15. The van der Waals surface area contributed by atoms with Crippen molar-refractivity contribution in [3.63, 3.8) is 0 Å². The molecule has 128 valence electrons. The molecule has 0 saturated carbocycles. The third kappa shape index (κ3) is 4.23. The fourth-order valence-electron chi connectivity index (χ4n) is 2.57. The number of hydrogen-bond donors (Lipinski definition) is 2. The molecule has 0 aromatic heterocycles. The number of rotatable bonds is 5. The van der Waals surface area contributed by atoms with Crippen molar-refractivity contribution in [2.24, 2.45) is 5.10 Å². The normalized spacial score (nSPS) is 14.2. The molecule has 2 aromatic rings. The summed E-state index contributed by atoms with van der Waals surface area (Å²) < 4.78 is 0. The minimum atomic E-state index is -0.257. The fraction of sp³-hybridized carbons (Fsp3) is 0.211. The molecule has 3 rings (SSSR count). The van der Waals surface area contributed by atoms with Crippen LogP contribution in [0.3, 0.4) is 0 Å². The number of carbonyl (C=O) groups excluding carboxylic acids is 2. The first kappa shape index (κ1) is 16.7. The van der Waals surface area contributed by atoms with Crippen LogP contribution in [-0.2, 0) is 16.0 Å². The summed E-state index contributed by atoms with van der Waals surface area (Å²) in [5, 5.41) is 17.6. The zero-order chi connectivity index (χ0) is 17.6. The number of nitrogens with one attached hydrogen (secondary N) is 1. The number of phenolic OH excluding ortho intramolecular Hbond substituents is 1. The van der Waals surface area contributed by atoms with Crippen LogP contribution < -0.4 is 10.3 Å². The van der Waals surface area contributed by atoms with Crippen molar-refractivity contribution in [2.45, 2.75) is 19.3 Å². The molecule has 0 atom stereocenters. The summed E-state index contributed by atoms with van der Waals surface area (Å²) in [6.07, 6.45) is 1.26. The van der Waals surface area contributed by atoms with Gasteiger partial charge in [-0.15, -0.1) is 0 Å². The second-order valence-corrected chi connectivity index (χ2v) is 5.76. The molecule has 1 aliphatic heterocycles. The van der Waals surface area contributed by atoms with Crippen molar-refractivity contribution < 1.29 is 14.7 Å². The molecule has 0 bridgehead atoms. The Kier molecular flexibility index (Phi) is 5.09. The van der Waals surface area contributed by atoms with E-state index in [0.717, 1.165) is 5.56 Å². The third-order valence-corrected chi connectivity index (χ3v) is 3.93. The lowest BCUT2D eigenvalue weighted by Crippen LogP contribution is -2.39. The van der Waals surface area contributed by atoms with Crippen LogP contribution in [0.25, 0.3) is 0 Å². The molecule has 0 spiro atoms. The van der Waals surface area contributed by atoms with Crippen molar-refractivity contribution >= 4 is 23.2 Å². The van der Waals surface area contributed by atoms with E-state index in [2.05, 4.69) is 10.4 Å². The Morgan fingerprint density at radius 2 is 1.80 bits per heavy atom. The molecule has 2 aromatic carbocycles. The number of anilines is 1. The molecule has 0 saturated heterocycles. The third-order valence-electron chi connectivity index (χ3n) is 3.93. The van der Waals surface area contributed by atoms with E-state index in [1.165, 1.54) is 5.01 Å². The van der Waals surface area contributed by atoms with Gasteiger partial charge in [0.25, 0.3) is 5.91 Å². The molecule has 6 nitrogen and oxygen atoms in total. The van der Waals surface area contributed by atoms with Gasteiger partial charge in [-0.3, -0.25) is 9.59 Å². The van der Waals surface area contributed by atoms with Crippen LogP contribution in [0, 0.1) is 0 Å². The van der Waals surface area contributed by atoms with Crippen LogP contribution in [0.2, 0.25) is 0 Å². The van der Waals surface area contributed by atoms with Gasteiger partial charge < -0.3 is 10.4 Å². The standard InChI is InChI=1S/C19H19N3O3/c23-16-8-6-14(7-9-16)12-13-20-19(25)17-10-11-18(24)22(21-17)15-4-2-1-3-5-15/h1-9,23H,10-13H2,(H,20,25). The lowest BCUT2D eigenvalue weighted by atomic mass is 10.1. The second-order valence-electron chi connectivity index (χ2n) is 5.76. The number of phenols is 1. The fourth-order valence-corrected chi connectivity index (χ4v) is 2.57. The van der Waals surface area contributed by atoms with Crippen LogP contribution in [-0.4, -0.2) is 29.2 Å². The summed E-state index contributed by atoms with van der Waals surface area (Å²) >= 11 is 0. The number of hydrazone groups is 1. The Morgan fingerprint density at radius 1 is 1.08 bits per heavy atom. The molecular weight excluding hydrogens is 318 g/mol. The number of amides is 2. The minimum Gasteiger partial charge on any atom is -0.508 e. The predicted octanol–water partition coefficient (Wildman–Crippen LogP) is 2.23. The van der Waals surface area contributed by atoms with E-state index in [-0.39, 0.29) is 24.0 Å². The van der Waals surface area contributed by atoms with E-state index in [0.29, 0.717) is 30.8 Å². The first-order chi connectivity index (χ1) is 12.1. The van der Waals surface area contributed by atoms with E-state index in [4.69, 9.17) is 0 Å². The Bertz CT molecular complexity index is 785. The van der Waals surface area contributed by atoms with E-state index in [1.54, 1.807) is 24.3 Å². The maximum absolute atomic E-state index is 12.3. The zero-order valence-electron chi connectivity index (χ0n) is 13.7. The van der Waals surface area contributed by atoms with E-state index >= 15 is 0 Å². The molecule has 0 fully saturated rings. The van der Waals surface area contributed by atoms with Gasteiger partial charge in [0.2, 0.25) is 5.91 Å². The summed E-state index contributed by atoms with van der Waals surface area (Å²) in [7, 11) is 0. The summed E-state index contributed by atoms with van der Waals surface area (Å²) in [6.45, 7) is 0.460. The maximum Gasteiger partial charge on any atom is 0.267 e. The van der Waals surface area contributed by atoms with Crippen molar-refractivity contribution in [1.82, 2.24) is 5.32 Å². The van der Waals surface area contributed by atoms with E-state index in [9.17, 15) is 14.7 Å². The number of benzene rings is 2. The van der Waals surface area contributed by atoms with Gasteiger partial charge in [-0.2, -0.15) is 5.10 Å². The average molecular weight is 337 g/mol. The largest absolute Gasteiger partial charge is 0.508 e. The van der Waals surface area contributed by atoms with Crippen molar-refractivity contribution in [3.8, 4) is 5.75 Å². The predicted molar refractivity (Wildman–Crippen MR) is 95.4 cm³/mol. The molecule has 0 aliphatic carbocycles. The van der Waals surface area contributed by atoms with Gasteiger partial charge in [0.05, 0.1) is 5.69 Å². The SMILES string of the molecule is O=C(NCCc1ccc(O)cc1)C1=NN(c2ccccc2)C(=O)CC1. The van der Waals surface area contributed by atoms with Crippen molar-refractivity contribution in [2.75, 3.05) is 11.6 Å². The number of aromatic hydroxyl groups is 1. The maximum atomic E-state index is 12.3. The minimum absolute atomic E-state index is 0.119. The lowest BCUT2D eigenvalue weighted by molar-refractivity contribution is -0.118. The monoisotopic (exact) mass is 337 g/mol. The van der Waals surface area contributed by atoms with Gasteiger partial charge in [-0.25, -0.2) is 5.01 Å². The summed E-state index contributed by atoms with van der Waals surface area (Å²) in [6, 6.07) is 15.9. The Balaban J connectivity index is 1.61. The lowest BCUT2D eigenvalue weighted by Gasteiger charge is -2.23. The summed E-state index contributed by atoms with van der Waals surface area (Å²) in [4.78, 5) is 24.4. The van der Waals surface area contributed by atoms with Gasteiger partial charge in [-0.05, 0) is 36.2 Å². The highest BCUT2D eigenvalue weighted by atomic mass is 16.3. The number of nitrogens with zero attached hydrogens (tertiary/aromatic N) is 2. The Labute approximate surface area is 145 Å². The van der Waals surface area contributed by atoms with Crippen molar-refractivity contribution in [1.29, 1.82) is 0 Å².